The lowest BCUT2D eigenvalue weighted by molar-refractivity contribution is 0.476. The highest BCUT2D eigenvalue weighted by Crippen LogP contribution is 2.21. The van der Waals surface area contributed by atoms with E-state index in [1.54, 1.807) is 6.07 Å². The van der Waals surface area contributed by atoms with Gasteiger partial charge in [0.25, 0.3) is 0 Å². The molecule has 28 heavy (non-hydrogen) atoms. The number of benzene rings is 4. The van der Waals surface area contributed by atoms with Crippen LogP contribution in [0.5, 0.6) is 5.75 Å². The molecule has 0 fully saturated rings. The average Bonchev–Trinajstić information content (AvgIpc) is 2.74. The average molecular weight is 378 g/mol. The van der Waals surface area contributed by atoms with Crippen LogP contribution >= 0.6 is 0 Å². The fraction of sp³-hybridized carbons (Fsp3) is 0. The van der Waals surface area contributed by atoms with Crippen LogP contribution in [0.15, 0.2) is 102 Å². The van der Waals surface area contributed by atoms with Crippen molar-refractivity contribution in [1.82, 2.24) is 0 Å². The van der Waals surface area contributed by atoms with Crippen molar-refractivity contribution in [3.05, 3.63) is 108 Å². The zero-order chi connectivity index (χ0) is 19.1. The van der Waals surface area contributed by atoms with Gasteiger partial charge in [-0.2, -0.15) is 0 Å². The summed E-state index contributed by atoms with van der Waals surface area (Å²) in [5.74, 6) is 0.270. The Hall–Kier alpha value is -3.43. The summed E-state index contributed by atoms with van der Waals surface area (Å²) in [5.41, 5.74) is 0.932. The summed E-state index contributed by atoms with van der Waals surface area (Å²) in [6, 6.07) is 33.1. The molecule has 0 aliphatic carbocycles. The summed E-state index contributed by atoms with van der Waals surface area (Å²) in [7, 11) is -2.63. The Balaban J connectivity index is 2.05. The lowest BCUT2D eigenvalue weighted by atomic mass is 10.2. The molecule has 0 bridgehead atoms. The minimum atomic E-state index is -2.63. The summed E-state index contributed by atoms with van der Waals surface area (Å²) >= 11 is 0. The van der Waals surface area contributed by atoms with Gasteiger partial charge in [-0.15, -0.1) is 0 Å². The van der Waals surface area contributed by atoms with Crippen LogP contribution in [0.1, 0.15) is 0 Å². The van der Waals surface area contributed by atoms with Gasteiger partial charge >= 0.3 is 0 Å². The molecule has 134 valence electrons. The van der Waals surface area contributed by atoms with Crippen LogP contribution in [0.2, 0.25) is 0 Å². The molecule has 0 unspecified atom stereocenters. The van der Waals surface area contributed by atoms with Gasteiger partial charge in [0, 0.05) is 0 Å². The van der Waals surface area contributed by atoms with Gasteiger partial charge < -0.3 is 5.11 Å². The molecule has 0 saturated heterocycles. The highest BCUT2D eigenvalue weighted by molar-refractivity contribution is 7.20. The Bertz CT molecular complexity index is 1240. The molecule has 0 aromatic heterocycles. The van der Waals surface area contributed by atoms with Gasteiger partial charge in [-0.3, -0.25) is 0 Å². The summed E-state index contributed by atoms with van der Waals surface area (Å²) in [4.78, 5) is 4.93. The Labute approximate surface area is 164 Å². The van der Waals surface area contributed by atoms with Crippen molar-refractivity contribution in [3.8, 4) is 5.75 Å². The van der Waals surface area contributed by atoms with E-state index in [4.69, 9.17) is 4.99 Å². The summed E-state index contributed by atoms with van der Waals surface area (Å²) in [5, 5.41) is 17.2. The van der Waals surface area contributed by atoms with E-state index >= 15 is 0 Å². The zero-order valence-corrected chi connectivity index (χ0v) is 16.3. The largest absolute Gasteiger partial charge is 0.508 e. The van der Waals surface area contributed by atoms with E-state index in [0.717, 1.165) is 21.4 Å². The number of phenolic OH excluding ortho intramolecular Hbond substituents is 1. The topological polar surface area (TPSA) is 32.6 Å². The highest BCUT2D eigenvalue weighted by Gasteiger charge is 2.45. The van der Waals surface area contributed by atoms with Crippen LogP contribution in [-0.4, -0.2) is 13.2 Å². The molecule has 0 spiro atoms. The lowest BCUT2D eigenvalue weighted by Gasteiger charge is -2.37. The van der Waals surface area contributed by atoms with E-state index in [0.29, 0.717) is 0 Å². The van der Waals surface area contributed by atoms with Gasteiger partial charge in [-0.25, -0.2) is 4.99 Å². The standard InChI is InChI=1S/C25H19NOSi/c1-18-12-14-22-24(16-18)28(20-8-4-2-5-9-20,21-10-6-3-7-11-21)25-17-19(27)13-15-23(25)26-22/h2-17,27H,1H2. The minimum Gasteiger partial charge on any atom is -0.508 e. The first-order chi connectivity index (χ1) is 13.7. The Morgan fingerprint density at radius 1 is 0.679 bits per heavy atom. The predicted molar refractivity (Wildman–Crippen MR) is 118 cm³/mol. The summed E-state index contributed by atoms with van der Waals surface area (Å²) in [6.45, 7) is 4.19. The lowest BCUT2D eigenvalue weighted by Crippen LogP contribution is -2.79. The molecule has 5 rings (SSSR count). The molecular weight excluding hydrogens is 358 g/mol. The first-order valence-electron chi connectivity index (χ1n) is 9.32. The number of nitrogens with zero attached hydrogens (tertiary/aromatic N) is 1. The van der Waals surface area contributed by atoms with Gasteiger partial charge in [-0.05, 0) is 50.2 Å². The number of hydrogen-bond acceptors (Lipinski definition) is 2. The third kappa shape index (κ3) is 2.37. The van der Waals surface area contributed by atoms with Crippen molar-refractivity contribution in [2.45, 2.75) is 0 Å². The van der Waals surface area contributed by atoms with Gasteiger partial charge in [0.05, 0.1) is 11.0 Å². The molecule has 1 aliphatic rings. The van der Waals surface area contributed by atoms with Crippen molar-refractivity contribution < 1.29 is 5.11 Å². The van der Waals surface area contributed by atoms with E-state index in [-0.39, 0.29) is 5.75 Å². The van der Waals surface area contributed by atoms with E-state index < -0.39 is 8.07 Å². The number of phenols is 1. The maximum atomic E-state index is 10.4. The molecule has 0 amide bonds. The van der Waals surface area contributed by atoms with Crippen LogP contribution in [0.3, 0.4) is 0 Å². The predicted octanol–water partition coefficient (Wildman–Crippen LogP) is 1.44. The molecule has 1 heterocycles. The van der Waals surface area contributed by atoms with E-state index in [9.17, 15) is 5.11 Å². The third-order valence-corrected chi connectivity index (χ3v) is 10.3. The Kier molecular flexibility index (Phi) is 3.78. The van der Waals surface area contributed by atoms with Crippen molar-refractivity contribution in [3.63, 3.8) is 0 Å². The number of hydrogen-bond donors (Lipinski definition) is 1. The zero-order valence-electron chi connectivity index (χ0n) is 15.3. The second kappa shape index (κ2) is 6.32. The Morgan fingerprint density at radius 3 is 1.96 bits per heavy atom. The molecule has 4 aromatic rings. The van der Waals surface area contributed by atoms with Crippen LogP contribution in [0, 0.1) is 0 Å². The van der Waals surface area contributed by atoms with E-state index in [2.05, 4.69) is 67.2 Å². The molecule has 3 heteroatoms. The highest BCUT2D eigenvalue weighted by atomic mass is 28.3. The quantitative estimate of drug-likeness (QED) is 0.464. The molecule has 1 aliphatic heterocycles. The normalized spacial score (nSPS) is 13.9. The van der Waals surface area contributed by atoms with Crippen molar-refractivity contribution >= 4 is 41.1 Å². The van der Waals surface area contributed by atoms with Crippen LogP contribution in [0.25, 0.3) is 6.58 Å². The number of rotatable bonds is 2. The van der Waals surface area contributed by atoms with Gasteiger partial charge in [0.1, 0.15) is 5.75 Å². The fourth-order valence-electron chi connectivity index (χ4n) is 4.34. The van der Waals surface area contributed by atoms with E-state index in [1.807, 2.05) is 30.3 Å². The molecule has 4 aromatic carbocycles. The first-order valence-corrected chi connectivity index (χ1v) is 11.3. The molecular formula is C25H19NOSi. The second-order valence-electron chi connectivity index (χ2n) is 7.15. The number of fused-ring (bicyclic) bond motifs is 2. The summed E-state index contributed by atoms with van der Waals surface area (Å²) in [6.07, 6.45) is 0. The monoisotopic (exact) mass is 377 g/mol. The first kappa shape index (κ1) is 16.7. The fourth-order valence-corrected chi connectivity index (χ4v) is 9.41. The Morgan fingerprint density at radius 2 is 1.32 bits per heavy atom. The maximum absolute atomic E-state index is 10.4. The van der Waals surface area contributed by atoms with Crippen LogP contribution < -0.4 is 31.3 Å². The van der Waals surface area contributed by atoms with Crippen LogP contribution in [-0.2, 0) is 0 Å². The molecule has 0 atom stereocenters. The number of aromatic hydroxyl groups is 1. The van der Waals surface area contributed by atoms with Crippen LogP contribution in [0.4, 0.5) is 5.69 Å². The van der Waals surface area contributed by atoms with Gasteiger partial charge in [-0.1, -0.05) is 79.4 Å². The van der Waals surface area contributed by atoms with Crippen molar-refractivity contribution in [1.29, 1.82) is 0 Å². The molecule has 1 N–H and O–H groups in total. The van der Waals surface area contributed by atoms with E-state index in [1.165, 1.54) is 15.6 Å². The second-order valence-corrected chi connectivity index (χ2v) is 10.9. The minimum absolute atomic E-state index is 0.270. The maximum Gasteiger partial charge on any atom is 0.184 e. The van der Waals surface area contributed by atoms with Gasteiger partial charge in [0.15, 0.2) is 8.07 Å². The molecule has 0 saturated carbocycles. The van der Waals surface area contributed by atoms with Crippen molar-refractivity contribution in [2.75, 3.05) is 0 Å². The summed E-state index contributed by atoms with van der Waals surface area (Å²) < 4.78 is 0. The smallest absolute Gasteiger partial charge is 0.184 e. The van der Waals surface area contributed by atoms with Gasteiger partial charge in [0.2, 0.25) is 0 Å². The third-order valence-electron chi connectivity index (χ3n) is 5.50. The molecule has 0 radical (unpaired) electrons. The SMILES string of the molecule is C=c1ccc2c(c1)[Si](c1ccccc1)(c1ccccc1)c1cc(O)ccc1N=2. The molecule has 2 nitrogen and oxygen atoms in total. The van der Waals surface area contributed by atoms with Crippen molar-refractivity contribution in [2.24, 2.45) is 4.99 Å².